The highest BCUT2D eigenvalue weighted by atomic mass is 16.7. The molecule has 0 bridgehead atoms. The van der Waals surface area contributed by atoms with Crippen molar-refractivity contribution < 1.29 is 33.8 Å². The number of nitrogens with zero attached hydrogens (tertiary/aromatic N) is 2. The van der Waals surface area contributed by atoms with E-state index in [1.165, 1.54) is 19.3 Å². The van der Waals surface area contributed by atoms with E-state index in [-0.39, 0.29) is 22.6 Å². The van der Waals surface area contributed by atoms with Crippen LogP contribution in [0.15, 0.2) is 66.7 Å². The second kappa shape index (κ2) is 9.01. The molecule has 0 aromatic heterocycles. The second-order valence-corrected chi connectivity index (χ2v) is 8.53. The predicted molar refractivity (Wildman–Crippen MR) is 130 cm³/mol. The van der Waals surface area contributed by atoms with E-state index >= 15 is 0 Å². The number of rotatable bonds is 6. The minimum atomic E-state index is -1.26. The Bertz CT molecular complexity index is 1360. The standard InChI is InChI=1S/C27H24N2O7/c1-15-9-7-8-12-18(15)28-25(30)21-22(17-13-14-19(34-2)23(35-3)20(17)27(32)33)29(36-24(21)26(28)31)16-10-5-4-6-11-16/h4-14,21-22,24H,1-3H3,(H,32,33)/t21-,22+,24-/m1/s1. The number of ether oxygens (including phenoxy) is 2. The molecule has 0 saturated carbocycles. The Hall–Kier alpha value is -4.37. The van der Waals surface area contributed by atoms with Crippen LogP contribution in [0, 0.1) is 12.8 Å². The molecule has 3 aromatic rings. The van der Waals surface area contributed by atoms with Gasteiger partial charge in [-0.3, -0.25) is 14.4 Å². The predicted octanol–water partition coefficient (Wildman–Crippen LogP) is 3.76. The Morgan fingerprint density at radius 2 is 1.61 bits per heavy atom. The summed E-state index contributed by atoms with van der Waals surface area (Å²) in [6.45, 7) is 1.81. The minimum absolute atomic E-state index is 0.0199. The van der Waals surface area contributed by atoms with Gasteiger partial charge in [-0.05, 0) is 42.3 Å². The largest absolute Gasteiger partial charge is 0.493 e. The number of amides is 2. The molecule has 0 radical (unpaired) electrons. The van der Waals surface area contributed by atoms with Gasteiger partial charge in [0.25, 0.3) is 5.91 Å². The van der Waals surface area contributed by atoms with Gasteiger partial charge in [0.15, 0.2) is 17.6 Å². The molecule has 2 aliphatic rings. The number of aryl methyl sites for hydroxylation is 1. The van der Waals surface area contributed by atoms with E-state index in [2.05, 4.69) is 0 Å². The van der Waals surface area contributed by atoms with E-state index in [4.69, 9.17) is 14.3 Å². The molecule has 0 spiro atoms. The number of carboxylic acids is 1. The molecular weight excluding hydrogens is 464 g/mol. The number of methoxy groups -OCH3 is 2. The summed E-state index contributed by atoms with van der Waals surface area (Å²) in [4.78, 5) is 47.2. The van der Waals surface area contributed by atoms with Crippen molar-refractivity contribution >= 4 is 29.2 Å². The molecule has 2 saturated heterocycles. The van der Waals surface area contributed by atoms with Gasteiger partial charge in [0, 0.05) is 0 Å². The summed E-state index contributed by atoms with van der Waals surface area (Å²) in [7, 11) is 2.76. The van der Waals surface area contributed by atoms with Crippen molar-refractivity contribution in [1.82, 2.24) is 0 Å². The third-order valence-electron chi connectivity index (χ3n) is 6.59. The molecule has 3 aromatic carbocycles. The molecule has 0 aliphatic carbocycles. The van der Waals surface area contributed by atoms with Crippen LogP contribution in [-0.4, -0.2) is 43.2 Å². The van der Waals surface area contributed by atoms with Crippen LogP contribution in [0.5, 0.6) is 11.5 Å². The van der Waals surface area contributed by atoms with Crippen molar-refractivity contribution in [2.75, 3.05) is 24.2 Å². The Morgan fingerprint density at radius 3 is 2.25 bits per heavy atom. The number of benzene rings is 3. The summed E-state index contributed by atoms with van der Waals surface area (Å²) in [6, 6.07) is 18.3. The average molecular weight is 488 g/mol. The zero-order chi connectivity index (χ0) is 25.6. The van der Waals surface area contributed by atoms with Crippen LogP contribution in [0.4, 0.5) is 11.4 Å². The van der Waals surface area contributed by atoms with Gasteiger partial charge in [-0.25, -0.2) is 14.8 Å². The third kappa shape index (κ3) is 3.47. The van der Waals surface area contributed by atoms with Crippen LogP contribution in [0.2, 0.25) is 0 Å². The lowest BCUT2D eigenvalue weighted by atomic mass is 9.87. The fraction of sp³-hybridized carbons (Fsp3) is 0.222. The monoisotopic (exact) mass is 488 g/mol. The van der Waals surface area contributed by atoms with Crippen LogP contribution in [0.25, 0.3) is 0 Å². The van der Waals surface area contributed by atoms with Crippen LogP contribution >= 0.6 is 0 Å². The molecule has 2 amide bonds. The van der Waals surface area contributed by atoms with Gasteiger partial charge in [0.1, 0.15) is 11.5 Å². The molecule has 36 heavy (non-hydrogen) atoms. The number of hydroxylamine groups is 1. The van der Waals surface area contributed by atoms with Gasteiger partial charge in [-0.2, -0.15) is 0 Å². The van der Waals surface area contributed by atoms with E-state index in [9.17, 15) is 19.5 Å². The molecule has 2 aliphatic heterocycles. The Kier molecular flexibility index (Phi) is 5.85. The summed E-state index contributed by atoms with van der Waals surface area (Å²) < 4.78 is 10.7. The van der Waals surface area contributed by atoms with Gasteiger partial charge in [0.2, 0.25) is 5.91 Å². The van der Waals surface area contributed by atoms with E-state index in [0.29, 0.717) is 11.4 Å². The number of imide groups is 1. The topological polar surface area (TPSA) is 106 Å². The van der Waals surface area contributed by atoms with E-state index in [1.807, 2.05) is 25.1 Å². The summed E-state index contributed by atoms with van der Waals surface area (Å²) in [6.07, 6.45) is -1.13. The number of carbonyl (C=O) groups is 3. The summed E-state index contributed by atoms with van der Waals surface area (Å²) in [5, 5.41) is 11.6. The normalized spacial score (nSPS) is 21.0. The smallest absolute Gasteiger partial charge is 0.339 e. The number of carbonyl (C=O) groups excluding carboxylic acids is 2. The van der Waals surface area contributed by atoms with Crippen LogP contribution in [0.3, 0.4) is 0 Å². The summed E-state index contributed by atoms with van der Waals surface area (Å²) in [5.74, 6) is -2.96. The molecule has 1 N–H and O–H groups in total. The number of fused-ring (bicyclic) bond motifs is 1. The maximum absolute atomic E-state index is 13.9. The van der Waals surface area contributed by atoms with Crippen molar-refractivity contribution in [3.63, 3.8) is 0 Å². The van der Waals surface area contributed by atoms with Crippen molar-refractivity contribution in [2.45, 2.75) is 19.1 Å². The zero-order valence-electron chi connectivity index (χ0n) is 19.9. The minimum Gasteiger partial charge on any atom is -0.493 e. The first-order chi connectivity index (χ1) is 17.4. The molecule has 0 unspecified atom stereocenters. The Morgan fingerprint density at radius 1 is 0.917 bits per heavy atom. The fourth-order valence-corrected chi connectivity index (χ4v) is 4.99. The summed E-state index contributed by atoms with van der Waals surface area (Å²) in [5.41, 5.74) is 1.91. The summed E-state index contributed by atoms with van der Waals surface area (Å²) >= 11 is 0. The lowest BCUT2D eigenvalue weighted by molar-refractivity contribution is -0.126. The van der Waals surface area contributed by atoms with Crippen LogP contribution in [0.1, 0.15) is 27.5 Å². The van der Waals surface area contributed by atoms with Gasteiger partial charge in [-0.15, -0.1) is 0 Å². The van der Waals surface area contributed by atoms with Crippen molar-refractivity contribution in [2.24, 2.45) is 5.92 Å². The molecule has 2 heterocycles. The molecule has 2 fully saturated rings. The fourth-order valence-electron chi connectivity index (χ4n) is 4.99. The van der Waals surface area contributed by atoms with Crippen molar-refractivity contribution in [1.29, 1.82) is 0 Å². The number of hydrogen-bond donors (Lipinski definition) is 1. The number of para-hydroxylation sites is 2. The van der Waals surface area contributed by atoms with Crippen LogP contribution in [-0.2, 0) is 14.4 Å². The zero-order valence-corrected chi connectivity index (χ0v) is 19.9. The second-order valence-electron chi connectivity index (χ2n) is 8.53. The van der Waals surface area contributed by atoms with Gasteiger partial charge in [0.05, 0.1) is 31.6 Å². The molecule has 9 heteroatoms. The van der Waals surface area contributed by atoms with Gasteiger partial charge < -0.3 is 14.6 Å². The molecular formula is C27H24N2O7. The molecule has 3 atom stereocenters. The van der Waals surface area contributed by atoms with Gasteiger partial charge >= 0.3 is 5.97 Å². The van der Waals surface area contributed by atoms with Gasteiger partial charge in [-0.1, -0.05) is 42.5 Å². The number of anilines is 2. The lowest BCUT2D eigenvalue weighted by Gasteiger charge is -2.30. The Labute approximate surface area is 207 Å². The van der Waals surface area contributed by atoms with E-state index in [0.717, 1.165) is 10.5 Å². The van der Waals surface area contributed by atoms with E-state index in [1.54, 1.807) is 48.5 Å². The quantitative estimate of drug-likeness (QED) is 0.523. The third-order valence-corrected chi connectivity index (χ3v) is 6.59. The molecule has 184 valence electrons. The first kappa shape index (κ1) is 23.4. The van der Waals surface area contributed by atoms with Crippen LogP contribution < -0.4 is 19.4 Å². The highest BCUT2D eigenvalue weighted by Gasteiger charge is 2.61. The maximum Gasteiger partial charge on any atom is 0.339 e. The first-order valence-electron chi connectivity index (χ1n) is 11.3. The molecule has 9 nitrogen and oxygen atoms in total. The van der Waals surface area contributed by atoms with Crippen molar-refractivity contribution in [3.05, 3.63) is 83.4 Å². The Balaban J connectivity index is 1.70. The number of aromatic carboxylic acids is 1. The first-order valence-corrected chi connectivity index (χ1v) is 11.3. The average Bonchev–Trinajstić information content (AvgIpc) is 3.39. The SMILES string of the molecule is COc1ccc([C@H]2[C@H]3C(=O)N(c4ccccc4C)C(=O)[C@@H]3ON2c2ccccc2)c(C(=O)O)c1OC. The van der Waals surface area contributed by atoms with E-state index < -0.39 is 35.8 Å². The highest BCUT2D eigenvalue weighted by molar-refractivity contribution is 6.24. The molecule has 5 rings (SSSR count). The highest BCUT2D eigenvalue weighted by Crippen LogP contribution is 2.50. The maximum atomic E-state index is 13.9. The lowest BCUT2D eigenvalue weighted by Crippen LogP contribution is -2.38. The van der Waals surface area contributed by atoms with Crippen molar-refractivity contribution in [3.8, 4) is 11.5 Å². The number of carboxylic acid groups (broad SMARTS) is 1. The number of hydrogen-bond acceptors (Lipinski definition) is 7.